The fourth-order valence-electron chi connectivity index (χ4n) is 3.09. The lowest BCUT2D eigenvalue weighted by Crippen LogP contribution is -2.52. The van der Waals surface area contributed by atoms with Crippen molar-refractivity contribution < 1.29 is 13.9 Å². The number of carbonyl (C=O) groups is 1. The SMILES string of the molecule is COc1cc(N2CCN(C(=O)C3CC(F)C3)CC2)ccc1N. The van der Waals surface area contributed by atoms with E-state index in [1.165, 1.54) is 0 Å². The van der Waals surface area contributed by atoms with E-state index < -0.39 is 6.17 Å². The largest absolute Gasteiger partial charge is 0.495 e. The van der Waals surface area contributed by atoms with Crippen LogP contribution in [0.5, 0.6) is 5.75 Å². The smallest absolute Gasteiger partial charge is 0.226 e. The van der Waals surface area contributed by atoms with Crippen LogP contribution in [0.1, 0.15) is 12.8 Å². The number of anilines is 2. The molecule has 1 aromatic carbocycles. The van der Waals surface area contributed by atoms with Gasteiger partial charge in [0.05, 0.1) is 12.8 Å². The van der Waals surface area contributed by atoms with E-state index in [-0.39, 0.29) is 11.8 Å². The first-order valence-corrected chi connectivity index (χ1v) is 7.70. The summed E-state index contributed by atoms with van der Waals surface area (Å²) in [5.41, 5.74) is 7.49. The lowest BCUT2D eigenvalue weighted by molar-refractivity contribution is -0.140. The van der Waals surface area contributed by atoms with Crippen LogP contribution in [-0.2, 0) is 4.79 Å². The summed E-state index contributed by atoms with van der Waals surface area (Å²) in [6, 6.07) is 5.73. The van der Waals surface area contributed by atoms with E-state index in [0.717, 1.165) is 18.8 Å². The number of hydrogen-bond donors (Lipinski definition) is 1. The normalized spacial score (nSPS) is 24.8. The van der Waals surface area contributed by atoms with Crippen LogP contribution in [0.2, 0.25) is 0 Å². The zero-order chi connectivity index (χ0) is 15.7. The van der Waals surface area contributed by atoms with Gasteiger partial charge in [-0.25, -0.2) is 4.39 Å². The molecule has 6 heteroatoms. The minimum Gasteiger partial charge on any atom is -0.495 e. The Morgan fingerprint density at radius 2 is 1.95 bits per heavy atom. The number of methoxy groups -OCH3 is 1. The third-order valence-corrected chi connectivity index (χ3v) is 4.60. The van der Waals surface area contributed by atoms with Crippen LogP contribution in [0, 0.1) is 5.92 Å². The molecule has 120 valence electrons. The Balaban J connectivity index is 1.58. The van der Waals surface area contributed by atoms with Crippen molar-refractivity contribution >= 4 is 17.3 Å². The van der Waals surface area contributed by atoms with Crippen molar-refractivity contribution in [1.29, 1.82) is 0 Å². The van der Waals surface area contributed by atoms with Gasteiger partial charge in [-0.3, -0.25) is 4.79 Å². The van der Waals surface area contributed by atoms with E-state index in [0.29, 0.717) is 37.4 Å². The molecular formula is C16H22FN3O2. The zero-order valence-electron chi connectivity index (χ0n) is 12.8. The molecule has 1 aliphatic heterocycles. The number of carbonyl (C=O) groups excluding carboxylic acids is 1. The number of nitrogens with two attached hydrogens (primary N) is 1. The molecule has 2 N–H and O–H groups in total. The lowest BCUT2D eigenvalue weighted by Gasteiger charge is -2.40. The van der Waals surface area contributed by atoms with Crippen LogP contribution in [0.3, 0.4) is 0 Å². The Kier molecular flexibility index (Phi) is 4.09. The Morgan fingerprint density at radius 3 is 2.55 bits per heavy atom. The summed E-state index contributed by atoms with van der Waals surface area (Å²) in [6.45, 7) is 2.90. The van der Waals surface area contributed by atoms with Crippen molar-refractivity contribution in [3.05, 3.63) is 18.2 Å². The molecule has 1 aromatic rings. The van der Waals surface area contributed by atoms with Crippen LogP contribution in [-0.4, -0.2) is 50.3 Å². The second kappa shape index (κ2) is 6.02. The summed E-state index contributed by atoms with van der Waals surface area (Å²) in [5.74, 6) is 0.682. The molecule has 22 heavy (non-hydrogen) atoms. The van der Waals surface area contributed by atoms with Gasteiger partial charge in [0, 0.05) is 43.9 Å². The molecule has 1 saturated carbocycles. The highest BCUT2D eigenvalue weighted by Crippen LogP contribution is 2.32. The van der Waals surface area contributed by atoms with Gasteiger partial charge in [0.15, 0.2) is 0 Å². The van der Waals surface area contributed by atoms with Crippen molar-refractivity contribution in [3.63, 3.8) is 0 Å². The van der Waals surface area contributed by atoms with Crippen molar-refractivity contribution in [2.75, 3.05) is 43.9 Å². The molecule has 0 aromatic heterocycles. The number of amides is 1. The molecule has 0 spiro atoms. The van der Waals surface area contributed by atoms with Crippen molar-refractivity contribution in [2.24, 2.45) is 5.92 Å². The topological polar surface area (TPSA) is 58.8 Å². The maximum absolute atomic E-state index is 12.9. The Labute approximate surface area is 129 Å². The molecule has 1 heterocycles. The van der Waals surface area contributed by atoms with Crippen LogP contribution in [0.25, 0.3) is 0 Å². The average Bonchev–Trinajstić information content (AvgIpc) is 2.52. The maximum atomic E-state index is 12.9. The molecule has 1 aliphatic carbocycles. The van der Waals surface area contributed by atoms with E-state index in [1.54, 1.807) is 7.11 Å². The van der Waals surface area contributed by atoms with Crippen molar-refractivity contribution in [2.45, 2.75) is 19.0 Å². The molecule has 2 fully saturated rings. The highest BCUT2D eigenvalue weighted by Gasteiger charge is 2.37. The standard InChI is InChI=1S/C16H22FN3O2/c1-22-15-10-13(2-3-14(15)18)19-4-6-20(7-5-19)16(21)11-8-12(17)9-11/h2-3,10-12H,4-9,18H2,1H3. The van der Waals surface area contributed by atoms with Gasteiger partial charge in [-0.05, 0) is 25.0 Å². The summed E-state index contributed by atoms with van der Waals surface area (Å²) in [4.78, 5) is 16.3. The van der Waals surface area contributed by atoms with Gasteiger partial charge in [-0.1, -0.05) is 0 Å². The molecule has 2 aliphatic rings. The van der Waals surface area contributed by atoms with Gasteiger partial charge < -0.3 is 20.3 Å². The number of halogens is 1. The van der Waals surface area contributed by atoms with E-state index in [4.69, 9.17) is 10.5 Å². The lowest BCUT2D eigenvalue weighted by atomic mass is 9.82. The van der Waals surface area contributed by atoms with Crippen molar-refractivity contribution in [1.82, 2.24) is 4.90 Å². The van der Waals surface area contributed by atoms with Crippen LogP contribution in [0.15, 0.2) is 18.2 Å². The number of alkyl halides is 1. The summed E-state index contributed by atoms with van der Waals surface area (Å²) in [7, 11) is 1.60. The Bertz CT molecular complexity index is 552. The van der Waals surface area contributed by atoms with Gasteiger partial charge in [-0.2, -0.15) is 0 Å². The fraction of sp³-hybridized carbons (Fsp3) is 0.562. The molecule has 0 bridgehead atoms. The van der Waals surface area contributed by atoms with Crippen LogP contribution < -0.4 is 15.4 Å². The Hall–Kier alpha value is -1.98. The second-order valence-corrected chi connectivity index (χ2v) is 6.00. The fourth-order valence-corrected chi connectivity index (χ4v) is 3.09. The maximum Gasteiger partial charge on any atom is 0.226 e. The van der Waals surface area contributed by atoms with Gasteiger partial charge in [0.1, 0.15) is 11.9 Å². The molecule has 0 unspecified atom stereocenters. The predicted octanol–water partition coefficient (Wildman–Crippen LogP) is 1.67. The number of hydrogen-bond acceptors (Lipinski definition) is 4. The summed E-state index contributed by atoms with van der Waals surface area (Å²) in [5, 5.41) is 0. The summed E-state index contributed by atoms with van der Waals surface area (Å²) >= 11 is 0. The molecular weight excluding hydrogens is 285 g/mol. The number of rotatable bonds is 3. The zero-order valence-corrected chi connectivity index (χ0v) is 12.8. The molecule has 5 nitrogen and oxygen atoms in total. The first-order valence-electron chi connectivity index (χ1n) is 7.70. The van der Waals surface area contributed by atoms with Crippen molar-refractivity contribution in [3.8, 4) is 5.75 Å². The molecule has 3 rings (SSSR count). The third-order valence-electron chi connectivity index (χ3n) is 4.60. The third kappa shape index (κ3) is 2.82. The van der Waals surface area contributed by atoms with Gasteiger partial charge >= 0.3 is 0 Å². The van der Waals surface area contributed by atoms with E-state index >= 15 is 0 Å². The number of benzene rings is 1. The molecule has 1 saturated heterocycles. The quantitative estimate of drug-likeness (QED) is 0.863. The average molecular weight is 307 g/mol. The van der Waals surface area contributed by atoms with Gasteiger partial charge in [-0.15, -0.1) is 0 Å². The van der Waals surface area contributed by atoms with E-state index in [1.807, 2.05) is 23.1 Å². The second-order valence-electron chi connectivity index (χ2n) is 6.00. The first-order chi connectivity index (χ1) is 10.6. The Morgan fingerprint density at radius 1 is 1.27 bits per heavy atom. The predicted molar refractivity (Wildman–Crippen MR) is 83.8 cm³/mol. The van der Waals surface area contributed by atoms with E-state index in [2.05, 4.69) is 4.90 Å². The highest BCUT2D eigenvalue weighted by atomic mass is 19.1. The molecule has 1 amide bonds. The van der Waals surface area contributed by atoms with Gasteiger partial charge in [0.2, 0.25) is 5.91 Å². The van der Waals surface area contributed by atoms with Crippen LogP contribution in [0.4, 0.5) is 15.8 Å². The number of nitrogens with zero attached hydrogens (tertiary/aromatic N) is 2. The summed E-state index contributed by atoms with van der Waals surface area (Å²) < 4.78 is 18.1. The molecule has 0 atom stereocenters. The minimum absolute atomic E-state index is 0.0989. The highest BCUT2D eigenvalue weighted by molar-refractivity contribution is 5.80. The molecule has 0 radical (unpaired) electrons. The summed E-state index contributed by atoms with van der Waals surface area (Å²) in [6.07, 6.45) is 0.0140. The van der Waals surface area contributed by atoms with Gasteiger partial charge in [0.25, 0.3) is 0 Å². The monoisotopic (exact) mass is 307 g/mol. The first kappa shape index (κ1) is 14.9. The van der Waals surface area contributed by atoms with E-state index in [9.17, 15) is 9.18 Å². The van der Waals surface area contributed by atoms with Crippen LogP contribution >= 0.6 is 0 Å². The number of ether oxygens (including phenoxy) is 1. The minimum atomic E-state index is -0.780. The number of nitrogen functional groups attached to an aromatic ring is 1. The number of piperazine rings is 1.